The van der Waals surface area contributed by atoms with Gasteiger partial charge in [-0.1, -0.05) is 29.8 Å². The van der Waals surface area contributed by atoms with Crippen molar-refractivity contribution in [3.05, 3.63) is 58.1 Å². The number of para-hydroxylation sites is 1. The van der Waals surface area contributed by atoms with Crippen LogP contribution < -0.4 is 5.32 Å². The molecule has 3 aromatic rings. The van der Waals surface area contributed by atoms with Gasteiger partial charge in [0.05, 0.1) is 16.8 Å². The molecule has 0 aliphatic heterocycles. The molecule has 1 aromatic heterocycles. The molecule has 0 unspecified atom stereocenters. The quantitative estimate of drug-likeness (QED) is 0.744. The molecule has 0 bridgehead atoms. The first-order valence-corrected chi connectivity index (χ1v) is 7.26. The van der Waals surface area contributed by atoms with E-state index in [0.29, 0.717) is 0 Å². The number of hydrogen-bond acceptors (Lipinski definition) is 3. The minimum Gasteiger partial charge on any atom is -0.378 e. The molecule has 1 heterocycles. The number of fused-ring (bicyclic) bond motifs is 1. The van der Waals surface area contributed by atoms with Gasteiger partial charge in [0, 0.05) is 10.7 Å². The maximum absolute atomic E-state index is 6.01. The van der Waals surface area contributed by atoms with E-state index in [1.807, 2.05) is 36.4 Å². The largest absolute Gasteiger partial charge is 0.378 e. The van der Waals surface area contributed by atoms with E-state index in [2.05, 4.69) is 23.3 Å². The fourth-order valence-corrected chi connectivity index (χ4v) is 3.03. The lowest BCUT2D eigenvalue weighted by atomic mass is 10.2. The van der Waals surface area contributed by atoms with Gasteiger partial charge in [0.25, 0.3) is 0 Å². The van der Waals surface area contributed by atoms with Gasteiger partial charge in [-0.15, -0.1) is 11.3 Å². The van der Waals surface area contributed by atoms with Crippen molar-refractivity contribution in [3.63, 3.8) is 0 Å². The van der Waals surface area contributed by atoms with Gasteiger partial charge in [0.2, 0.25) is 0 Å². The van der Waals surface area contributed by atoms with Crippen LogP contribution in [0, 0.1) is 6.92 Å². The third-order valence-electron chi connectivity index (χ3n) is 2.97. The highest BCUT2D eigenvalue weighted by Gasteiger charge is 2.04. The molecule has 2 aromatic carbocycles. The number of aryl methyl sites for hydroxylation is 1. The zero-order valence-corrected chi connectivity index (χ0v) is 12.1. The molecular weight excluding hydrogens is 276 g/mol. The summed E-state index contributed by atoms with van der Waals surface area (Å²) >= 11 is 7.73. The normalized spacial score (nSPS) is 10.8. The average Bonchev–Trinajstić information content (AvgIpc) is 2.82. The molecule has 0 aliphatic carbocycles. The number of anilines is 1. The van der Waals surface area contributed by atoms with E-state index in [0.717, 1.165) is 27.8 Å². The van der Waals surface area contributed by atoms with Crippen molar-refractivity contribution in [1.29, 1.82) is 0 Å². The molecule has 0 saturated heterocycles. The highest BCUT2D eigenvalue weighted by molar-refractivity contribution is 7.18. The van der Waals surface area contributed by atoms with Gasteiger partial charge in [0.15, 0.2) is 0 Å². The molecule has 0 radical (unpaired) electrons. The molecule has 4 heteroatoms. The Morgan fingerprint density at radius 2 is 2.05 bits per heavy atom. The Morgan fingerprint density at radius 3 is 2.89 bits per heavy atom. The van der Waals surface area contributed by atoms with Crippen LogP contribution in [0.4, 0.5) is 5.69 Å². The van der Waals surface area contributed by atoms with Gasteiger partial charge in [0.1, 0.15) is 5.01 Å². The Kier molecular flexibility index (Phi) is 3.40. The van der Waals surface area contributed by atoms with Crippen LogP contribution in [0.1, 0.15) is 10.6 Å². The SMILES string of the molecule is Cc1ccc(Cl)cc1NCc1nc2ccccc2s1. The van der Waals surface area contributed by atoms with E-state index >= 15 is 0 Å². The first-order chi connectivity index (χ1) is 9.22. The Hall–Kier alpha value is -1.58. The average molecular weight is 289 g/mol. The van der Waals surface area contributed by atoms with Crippen molar-refractivity contribution in [2.45, 2.75) is 13.5 Å². The summed E-state index contributed by atoms with van der Waals surface area (Å²) < 4.78 is 1.22. The highest BCUT2D eigenvalue weighted by Crippen LogP contribution is 2.24. The van der Waals surface area contributed by atoms with E-state index in [-0.39, 0.29) is 0 Å². The van der Waals surface area contributed by atoms with Gasteiger partial charge in [-0.05, 0) is 36.8 Å². The summed E-state index contributed by atoms with van der Waals surface area (Å²) in [6, 6.07) is 14.1. The standard InChI is InChI=1S/C15H13ClN2S/c1-10-6-7-11(16)8-13(10)17-9-15-18-12-4-2-3-5-14(12)19-15/h2-8,17H,9H2,1H3. The minimum absolute atomic E-state index is 0.723. The summed E-state index contributed by atoms with van der Waals surface area (Å²) in [5.41, 5.74) is 3.31. The summed E-state index contributed by atoms with van der Waals surface area (Å²) in [5.74, 6) is 0. The number of nitrogens with zero attached hydrogens (tertiary/aromatic N) is 1. The van der Waals surface area contributed by atoms with Gasteiger partial charge in [-0.2, -0.15) is 0 Å². The van der Waals surface area contributed by atoms with E-state index in [4.69, 9.17) is 11.6 Å². The first-order valence-electron chi connectivity index (χ1n) is 6.07. The van der Waals surface area contributed by atoms with Gasteiger partial charge in [-0.3, -0.25) is 0 Å². The predicted molar refractivity (Wildman–Crippen MR) is 83.1 cm³/mol. The van der Waals surface area contributed by atoms with E-state index in [1.54, 1.807) is 11.3 Å². The lowest BCUT2D eigenvalue weighted by Crippen LogP contribution is -2.00. The molecule has 0 saturated carbocycles. The third kappa shape index (κ3) is 2.72. The van der Waals surface area contributed by atoms with E-state index in [1.165, 1.54) is 10.3 Å². The number of hydrogen-bond donors (Lipinski definition) is 1. The highest BCUT2D eigenvalue weighted by atomic mass is 35.5. The second-order valence-corrected chi connectivity index (χ2v) is 5.94. The first kappa shape index (κ1) is 12.5. The van der Waals surface area contributed by atoms with Crippen LogP contribution in [0.15, 0.2) is 42.5 Å². The second-order valence-electron chi connectivity index (χ2n) is 4.39. The summed E-state index contributed by atoms with van der Waals surface area (Å²) in [7, 11) is 0. The third-order valence-corrected chi connectivity index (χ3v) is 4.24. The van der Waals surface area contributed by atoms with E-state index < -0.39 is 0 Å². The molecule has 0 amide bonds. The Balaban J connectivity index is 1.80. The topological polar surface area (TPSA) is 24.9 Å². The lowest BCUT2D eigenvalue weighted by molar-refractivity contribution is 1.11. The molecule has 2 nitrogen and oxygen atoms in total. The number of benzene rings is 2. The summed E-state index contributed by atoms with van der Waals surface area (Å²) in [5, 5.41) is 5.23. The Morgan fingerprint density at radius 1 is 1.21 bits per heavy atom. The van der Waals surface area contributed by atoms with Crippen LogP contribution in [-0.4, -0.2) is 4.98 Å². The number of halogens is 1. The van der Waals surface area contributed by atoms with Gasteiger partial charge in [-0.25, -0.2) is 4.98 Å². The summed E-state index contributed by atoms with van der Waals surface area (Å²) in [6.45, 7) is 2.79. The maximum atomic E-state index is 6.01. The molecule has 96 valence electrons. The van der Waals surface area contributed by atoms with Crippen LogP contribution in [0.5, 0.6) is 0 Å². The van der Waals surface area contributed by atoms with Crippen LogP contribution in [-0.2, 0) is 6.54 Å². The summed E-state index contributed by atoms with van der Waals surface area (Å²) in [6.07, 6.45) is 0. The molecule has 0 spiro atoms. The smallest absolute Gasteiger partial charge is 0.113 e. The van der Waals surface area contributed by atoms with Crippen LogP contribution in [0.25, 0.3) is 10.2 Å². The number of thiazole rings is 1. The van der Waals surface area contributed by atoms with Crippen LogP contribution >= 0.6 is 22.9 Å². The van der Waals surface area contributed by atoms with Crippen molar-refractivity contribution >= 4 is 38.8 Å². The second kappa shape index (κ2) is 5.19. The monoisotopic (exact) mass is 288 g/mol. The summed E-state index contributed by atoms with van der Waals surface area (Å²) in [4.78, 5) is 4.60. The lowest BCUT2D eigenvalue weighted by Gasteiger charge is -2.08. The zero-order chi connectivity index (χ0) is 13.2. The van der Waals surface area contributed by atoms with Crippen molar-refractivity contribution < 1.29 is 0 Å². The predicted octanol–water partition coefficient (Wildman–Crippen LogP) is 4.87. The van der Waals surface area contributed by atoms with Gasteiger partial charge >= 0.3 is 0 Å². The van der Waals surface area contributed by atoms with Crippen LogP contribution in [0.2, 0.25) is 5.02 Å². The van der Waals surface area contributed by atoms with Gasteiger partial charge < -0.3 is 5.32 Å². The number of nitrogens with one attached hydrogen (secondary N) is 1. The molecule has 0 fully saturated rings. The molecule has 3 rings (SSSR count). The zero-order valence-electron chi connectivity index (χ0n) is 10.5. The fourth-order valence-electron chi connectivity index (χ4n) is 1.95. The maximum Gasteiger partial charge on any atom is 0.113 e. The van der Waals surface area contributed by atoms with Crippen LogP contribution in [0.3, 0.4) is 0 Å². The Labute approximate surface area is 121 Å². The molecule has 0 atom stereocenters. The molecule has 0 aliphatic rings. The number of aromatic nitrogens is 1. The number of rotatable bonds is 3. The minimum atomic E-state index is 0.723. The van der Waals surface area contributed by atoms with Crippen molar-refractivity contribution in [2.75, 3.05) is 5.32 Å². The van der Waals surface area contributed by atoms with E-state index in [9.17, 15) is 0 Å². The fraction of sp³-hybridized carbons (Fsp3) is 0.133. The van der Waals surface area contributed by atoms with Crippen molar-refractivity contribution in [3.8, 4) is 0 Å². The molecule has 19 heavy (non-hydrogen) atoms. The molecule has 1 N–H and O–H groups in total. The van der Waals surface area contributed by atoms with Crippen molar-refractivity contribution in [1.82, 2.24) is 4.98 Å². The van der Waals surface area contributed by atoms with Crippen molar-refractivity contribution in [2.24, 2.45) is 0 Å². The Bertz CT molecular complexity index is 688. The molecular formula is C15H13ClN2S.